The van der Waals surface area contributed by atoms with Gasteiger partial charge in [0.15, 0.2) is 12.1 Å². The normalized spacial score (nSPS) is 10.1. The van der Waals surface area contributed by atoms with Gasteiger partial charge in [-0.05, 0) is 18.2 Å². The molecule has 2 rings (SSSR count). The fourth-order valence-electron chi connectivity index (χ4n) is 1.49. The van der Waals surface area contributed by atoms with Crippen LogP contribution < -0.4 is 0 Å². The Bertz CT molecular complexity index is 529. The van der Waals surface area contributed by atoms with Crippen LogP contribution in [-0.4, -0.2) is 21.6 Å². The van der Waals surface area contributed by atoms with Gasteiger partial charge in [-0.1, -0.05) is 0 Å². The number of hydrogen-bond donors (Lipinski definition) is 0. The van der Waals surface area contributed by atoms with Gasteiger partial charge in [0.2, 0.25) is 0 Å². The van der Waals surface area contributed by atoms with Gasteiger partial charge in [0, 0.05) is 36.8 Å². The van der Waals surface area contributed by atoms with Crippen molar-refractivity contribution in [3.63, 3.8) is 0 Å². The fraction of sp³-hybridized carbons (Fsp3) is 0.0833. The topological polar surface area (TPSA) is 52.0 Å². The van der Waals surface area contributed by atoms with E-state index in [1.807, 2.05) is 0 Å². The monoisotopic (exact) mass is 214 g/mol. The van der Waals surface area contributed by atoms with E-state index in [2.05, 4.69) is 4.98 Å². The number of rotatable bonds is 3. The maximum atomic E-state index is 12.0. The van der Waals surface area contributed by atoms with Gasteiger partial charge in [-0.25, -0.2) is 0 Å². The van der Waals surface area contributed by atoms with Crippen LogP contribution in [0.3, 0.4) is 0 Å². The van der Waals surface area contributed by atoms with Crippen LogP contribution in [0.5, 0.6) is 0 Å². The molecule has 2 heterocycles. The molecule has 0 radical (unpaired) electrons. The summed E-state index contributed by atoms with van der Waals surface area (Å²) in [6, 6.07) is 4.88. The summed E-state index contributed by atoms with van der Waals surface area (Å²) in [6.45, 7) is 0. The maximum Gasteiger partial charge on any atom is 0.194 e. The smallest absolute Gasteiger partial charge is 0.194 e. The zero-order chi connectivity index (χ0) is 11.5. The molecular weight excluding hydrogens is 204 g/mol. The number of carbonyl (C=O) groups is 2. The van der Waals surface area contributed by atoms with Crippen molar-refractivity contribution in [3.8, 4) is 0 Å². The quantitative estimate of drug-likeness (QED) is 0.574. The molecule has 4 nitrogen and oxygen atoms in total. The molecule has 4 heteroatoms. The van der Waals surface area contributed by atoms with Gasteiger partial charge in [-0.3, -0.25) is 14.6 Å². The molecule has 0 aliphatic carbocycles. The lowest BCUT2D eigenvalue weighted by Gasteiger charge is -1.96. The molecule has 0 aliphatic heterocycles. The molecule has 0 fully saturated rings. The van der Waals surface area contributed by atoms with Gasteiger partial charge in [0.1, 0.15) is 0 Å². The lowest BCUT2D eigenvalue weighted by molar-refractivity contribution is 0.103. The van der Waals surface area contributed by atoms with Crippen molar-refractivity contribution >= 4 is 12.1 Å². The third-order valence-electron chi connectivity index (χ3n) is 2.37. The third kappa shape index (κ3) is 1.77. The van der Waals surface area contributed by atoms with E-state index >= 15 is 0 Å². The van der Waals surface area contributed by atoms with Crippen LogP contribution in [0.25, 0.3) is 0 Å². The Balaban J connectivity index is 2.38. The highest BCUT2D eigenvalue weighted by atomic mass is 16.1. The Morgan fingerprint density at radius 2 is 2.00 bits per heavy atom. The SMILES string of the molecule is Cn1cc(C(=O)c2ccncc2)cc1C=O. The summed E-state index contributed by atoms with van der Waals surface area (Å²) in [5.41, 5.74) is 1.56. The number of pyridine rings is 1. The van der Waals surface area contributed by atoms with Crippen LogP contribution in [0.2, 0.25) is 0 Å². The van der Waals surface area contributed by atoms with E-state index in [9.17, 15) is 9.59 Å². The first-order chi connectivity index (χ1) is 7.72. The molecule has 0 unspecified atom stereocenters. The van der Waals surface area contributed by atoms with Crippen LogP contribution in [0.4, 0.5) is 0 Å². The number of aromatic nitrogens is 2. The van der Waals surface area contributed by atoms with E-state index < -0.39 is 0 Å². The molecule has 2 aromatic heterocycles. The van der Waals surface area contributed by atoms with Crippen LogP contribution in [0, 0.1) is 0 Å². The van der Waals surface area contributed by atoms with E-state index in [1.165, 1.54) is 0 Å². The first kappa shape index (κ1) is 10.3. The minimum absolute atomic E-state index is 0.105. The molecule has 2 aromatic rings. The fourth-order valence-corrected chi connectivity index (χ4v) is 1.49. The molecule has 0 atom stereocenters. The maximum absolute atomic E-state index is 12.0. The van der Waals surface area contributed by atoms with Crippen LogP contribution in [0.15, 0.2) is 36.8 Å². The number of carbonyl (C=O) groups excluding carboxylic acids is 2. The highest BCUT2D eigenvalue weighted by Gasteiger charge is 2.12. The Morgan fingerprint density at radius 1 is 1.31 bits per heavy atom. The standard InChI is InChI=1S/C12H10N2O2/c1-14-7-10(6-11(14)8-15)12(16)9-2-4-13-5-3-9/h2-8H,1H3. The van der Waals surface area contributed by atoms with Gasteiger partial charge in [0.25, 0.3) is 0 Å². The number of ketones is 1. The van der Waals surface area contributed by atoms with Crippen molar-refractivity contribution in [2.75, 3.05) is 0 Å². The van der Waals surface area contributed by atoms with Crippen LogP contribution >= 0.6 is 0 Å². The first-order valence-electron chi connectivity index (χ1n) is 4.78. The second-order valence-electron chi connectivity index (χ2n) is 3.45. The summed E-state index contributed by atoms with van der Waals surface area (Å²) in [4.78, 5) is 26.5. The highest BCUT2D eigenvalue weighted by Crippen LogP contribution is 2.11. The van der Waals surface area contributed by atoms with Crippen LogP contribution in [-0.2, 0) is 7.05 Å². The van der Waals surface area contributed by atoms with Crippen molar-refractivity contribution in [1.82, 2.24) is 9.55 Å². The predicted molar refractivity (Wildman–Crippen MR) is 58.5 cm³/mol. The summed E-state index contributed by atoms with van der Waals surface area (Å²) >= 11 is 0. The lowest BCUT2D eigenvalue weighted by Crippen LogP contribution is -1.99. The molecule has 0 aliphatic rings. The molecule has 0 saturated heterocycles. The summed E-state index contributed by atoms with van der Waals surface area (Å²) in [7, 11) is 1.73. The minimum Gasteiger partial charge on any atom is -0.348 e. The summed E-state index contributed by atoms with van der Waals surface area (Å²) in [5, 5.41) is 0. The largest absolute Gasteiger partial charge is 0.348 e. The summed E-state index contributed by atoms with van der Waals surface area (Å²) in [5.74, 6) is -0.105. The number of hydrogen-bond acceptors (Lipinski definition) is 3. The second kappa shape index (κ2) is 4.10. The minimum atomic E-state index is -0.105. The van der Waals surface area contributed by atoms with E-state index in [0.29, 0.717) is 16.8 Å². The molecule has 0 amide bonds. The number of aryl methyl sites for hydroxylation is 1. The zero-order valence-electron chi connectivity index (χ0n) is 8.75. The van der Waals surface area contributed by atoms with E-state index in [-0.39, 0.29) is 5.78 Å². The van der Waals surface area contributed by atoms with Gasteiger partial charge in [0.05, 0.1) is 5.69 Å². The molecule has 0 bridgehead atoms. The molecule has 0 saturated carbocycles. The highest BCUT2D eigenvalue weighted by molar-refractivity contribution is 6.09. The Kier molecular flexibility index (Phi) is 2.64. The van der Waals surface area contributed by atoms with E-state index in [0.717, 1.165) is 6.29 Å². The van der Waals surface area contributed by atoms with Crippen molar-refractivity contribution in [3.05, 3.63) is 53.6 Å². The molecule has 80 valence electrons. The van der Waals surface area contributed by atoms with Crippen molar-refractivity contribution in [2.24, 2.45) is 7.05 Å². The Morgan fingerprint density at radius 3 is 2.56 bits per heavy atom. The molecular formula is C12H10N2O2. The lowest BCUT2D eigenvalue weighted by atomic mass is 10.1. The zero-order valence-corrected chi connectivity index (χ0v) is 8.75. The molecule has 16 heavy (non-hydrogen) atoms. The van der Waals surface area contributed by atoms with E-state index in [1.54, 1.807) is 48.4 Å². The van der Waals surface area contributed by atoms with E-state index in [4.69, 9.17) is 0 Å². The van der Waals surface area contributed by atoms with Gasteiger partial charge < -0.3 is 4.57 Å². The average molecular weight is 214 g/mol. The molecule has 0 aromatic carbocycles. The first-order valence-corrected chi connectivity index (χ1v) is 4.78. The second-order valence-corrected chi connectivity index (χ2v) is 3.45. The third-order valence-corrected chi connectivity index (χ3v) is 2.37. The average Bonchev–Trinajstić information content (AvgIpc) is 2.71. The molecule has 0 spiro atoms. The van der Waals surface area contributed by atoms with Crippen LogP contribution in [0.1, 0.15) is 26.4 Å². The Hall–Kier alpha value is -2.23. The van der Waals surface area contributed by atoms with Gasteiger partial charge in [-0.15, -0.1) is 0 Å². The van der Waals surface area contributed by atoms with Crippen molar-refractivity contribution in [1.29, 1.82) is 0 Å². The summed E-state index contributed by atoms with van der Waals surface area (Å²) in [6.07, 6.45) is 5.50. The number of aldehydes is 1. The Labute approximate surface area is 92.5 Å². The molecule has 0 N–H and O–H groups in total. The summed E-state index contributed by atoms with van der Waals surface area (Å²) < 4.78 is 1.63. The predicted octanol–water partition coefficient (Wildman–Crippen LogP) is 1.46. The van der Waals surface area contributed by atoms with Gasteiger partial charge >= 0.3 is 0 Å². The van der Waals surface area contributed by atoms with Crippen molar-refractivity contribution in [2.45, 2.75) is 0 Å². The number of nitrogens with zero attached hydrogens (tertiary/aromatic N) is 2. The van der Waals surface area contributed by atoms with Gasteiger partial charge in [-0.2, -0.15) is 0 Å². The van der Waals surface area contributed by atoms with Crippen molar-refractivity contribution < 1.29 is 9.59 Å².